The summed E-state index contributed by atoms with van der Waals surface area (Å²) in [5.74, 6) is -1.66. The number of hydrogen-bond acceptors (Lipinski definition) is 1. The molecule has 1 nitrogen and oxygen atoms in total. The standard InChI is InChI=1S/C14H11BrF3N/c1-8(9-2-4-10(16)5-3-9)19-14-12(15)6-11(17)7-13(14)18/h2-8,19H,1H3. The van der Waals surface area contributed by atoms with Gasteiger partial charge in [-0.05, 0) is 46.6 Å². The monoisotopic (exact) mass is 329 g/mol. The van der Waals surface area contributed by atoms with Crippen LogP contribution in [0.5, 0.6) is 0 Å². The summed E-state index contributed by atoms with van der Waals surface area (Å²) in [5.41, 5.74) is 0.982. The van der Waals surface area contributed by atoms with E-state index in [0.29, 0.717) is 4.47 Å². The molecule has 0 amide bonds. The second kappa shape index (κ2) is 5.65. The van der Waals surface area contributed by atoms with Crippen molar-refractivity contribution < 1.29 is 13.2 Å². The maximum atomic E-state index is 13.7. The Balaban J connectivity index is 2.24. The van der Waals surface area contributed by atoms with Gasteiger partial charge in [-0.1, -0.05) is 12.1 Å². The Hall–Kier alpha value is -1.49. The molecule has 2 aromatic rings. The largest absolute Gasteiger partial charge is 0.375 e. The van der Waals surface area contributed by atoms with Crippen molar-refractivity contribution in [1.82, 2.24) is 0 Å². The van der Waals surface area contributed by atoms with Crippen LogP contribution >= 0.6 is 15.9 Å². The molecular weight excluding hydrogens is 319 g/mol. The van der Waals surface area contributed by atoms with Crippen molar-refractivity contribution in [3.63, 3.8) is 0 Å². The maximum absolute atomic E-state index is 13.7. The van der Waals surface area contributed by atoms with E-state index < -0.39 is 11.6 Å². The average molecular weight is 330 g/mol. The van der Waals surface area contributed by atoms with Gasteiger partial charge in [0.1, 0.15) is 17.5 Å². The lowest BCUT2D eigenvalue weighted by atomic mass is 10.1. The van der Waals surface area contributed by atoms with Crippen molar-refractivity contribution in [3.8, 4) is 0 Å². The van der Waals surface area contributed by atoms with Crippen LogP contribution < -0.4 is 5.32 Å². The highest BCUT2D eigenvalue weighted by atomic mass is 79.9. The lowest BCUT2D eigenvalue weighted by Gasteiger charge is -2.17. The lowest BCUT2D eigenvalue weighted by Crippen LogP contribution is -2.09. The zero-order valence-corrected chi connectivity index (χ0v) is 11.6. The predicted octanol–water partition coefficient (Wildman–Crippen LogP) is 5.04. The van der Waals surface area contributed by atoms with Crippen molar-refractivity contribution in [1.29, 1.82) is 0 Å². The third-order valence-electron chi connectivity index (χ3n) is 2.74. The van der Waals surface area contributed by atoms with E-state index in [-0.39, 0.29) is 17.5 Å². The fourth-order valence-corrected chi connectivity index (χ4v) is 2.25. The van der Waals surface area contributed by atoms with Gasteiger partial charge in [0.15, 0.2) is 0 Å². The lowest BCUT2D eigenvalue weighted by molar-refractivity contribution is 0.582. The first kappa shape index (κ1) is 13.9. The van der Waals surface area contributed by atoms with E-state index >= 15 is 0 Å². The van der Waals surface area contributed by atoms with Crippen LogP contribution in [0.3, 0.4) is 0 Å². The van der Waals surface area contributed by atoms with Crippen LogP contribution in [0, 0.1) is 17.5 Å². The first-order valence-corrected chi connectivity index (χ1v) is 6.43. The van der Waals surface area contributed by atoms with Gasteiger partial charge in [-0.2, -0.15) is 0 Å². The molecule has 0 aromatic heterocycles. The minimum absolute atomic E-state index is 0.179. The van der Waals surface area contributed by atoms with Crippen LogP contribution in [-0.4, -0.2) is 0 Å². The molecule has 0 aliphatic carbocycles. The molecule has 0 aliphatic rings. The van der Waals surface area contributed by atoms with E-state index in [2.05, 4.69) is 21.2 Å². The first-order chi connectivity index (χ1) is 8.97. The van der Waals surface area contributed by atoms with Crippen LogP contribution in [0.4, 0.5) is 18.9 Å². The number of hydrogen-bond donors (Lipinski definition) is 1. The highest BCUT2D eigenvalue weighted by Gasteiger charge is 2.13. The summed E-state index contributed by atoms with van der Waals surface area (Å²) in [6.07, 6.45) is 0. The second-order valence-corrected chi connectivity index (χ2v) is 5.02. The van der Waals surface area contributed by atoms with Gasteiger partial charge in [0.2, 0.25) is 0 Å². The molecule has 0 aliphatic heterocycles. The van der Waals surface area contributed by atoms with Crippen LogP contribution in [0.1, 0.15) is 18.5 Å². The summed E-state index contributed by atoms with van der Waals surface area (Å²) < 4.78 is 39.8. The molecule has 5 heteroatoms. The maximum Gasteiger partial charge on any atom is 0.150 e. The van der Waals surface area contributed by atoms with Crippen LogP contribution in [0.25, 0.3) is 0 Å². The van der Waals surface area contributed by atoms with E-state index in [0.717, 1.165) is 11.6 Å². The molecule has 0 bridgehead atoms. The van der Waals surface area contributed by atoms with Gasteiger partial charge in [-0.3, -0.25) is 0 Å². The van der Waals surface area contributed by atoms with Crippen molar-refractivity contribution >= 4 is 21.6 Å². The second-order valence-electron chi connectivity index (χ2n) is 4.16. The fourth-order valence-electron chi connectivity index (χ4n) is 1.73. The highest BCUT2D eigenvalue weighted by molar-refractivity contribution is 9.10. The van der Waals surface area contributed by atoms with Gasteiger partial charge in [0, 0.05) is 16.6 Å². The average Bonchev–Trinajstić information content (AvgIpc) is 2.34. The number of rotatable bonds is 3. The Labute approximate surface area is 117 Å². The molecule has 0 fully saturated rings. The van der Waals surface area contributed by atoms with E-state index in [9.17, 15) is 13.2 Å². The summed E-state index contributed by atoms with van der Waals surface area (Å²) in [5, 5.41) is 2.93. The predicted molar refractivity (Wildman–Crippen MR) is 72.5 cm³/mol. The fraction of sp³-hybridized carbons (Fsp3) is 0.143. The third-order valence-corrected chi connectivity index (χ3v) is 3.36. The molecule has 1 unspecified atom stereocenters. The summed E-state index contributed by atoms with van der Waals surface area (Å²) in [6, 6.07) is 7.65. The van der Waals surface area contributed by atoms with Crippen molar-refractivity contribution in [2.75, 3.05) is 5.32 Å². The van der Waals surface area contributed by atoms with Gasteiger partial charge in [-0.25, -0.2) is 13.2 Å². The highest BCUT2D eigenvalue weighted by Crippen LogP contribution is 2.30. The Kier molecular flexibility index (Phi) is 4.14. The molecule has 0 spiro atoms. The SMILES string of the molecule is CC(Nc1c(F)cc(F)cc1Br)c1ccc(F)cc1. The molecule has 0 heterocycles. The number of nitrogens with one attached hydrogen (secondary N) is 1. The van der Waals surface area contributed by atoms with Crippen LogP contribution in [-0.2, 0) is 0 Å². The van der Waals surface area contributed by atoms with E-state index in [1.165, 1.54) is 18.2 Å². The zero-order chi connectivity index (χ0) is 14.0. The van der Waals surface area contributed by atoms with Gasteiger partial charge in [0.25, 0.3) is 0 Å². The summed E-state index contributed by atoms with van der Waals surface area (Å²) >= 11 is 3.11. The molecule has 0 saturated carbocycles. The third kappa shape index (κ3) is 3.29. The van der Waals surface area contributed by atoms with Crippen LogP contribution in [0.2, 0.25) is 0 Å². The normalized spacial score (nSPS) is 12.3. The first-order valence-electron chi connectivity index (χ1n) is 5.64. The molecular formula is C14H11BrF3N. The zero-order valence-electron chi connectivity index (χ0n) is 10.1. The Morgan fingerprint density at radius 1 is 1.00 bits per heavy atom. The molecule has 1 atom stereocenters. The topological polar surface area (TPSA) is 12.0 Å². The minimum atomic E-state index is -0.680. The van der Waals surface area contributed by atoms with Crippen molar-refractivity contribution in [2.45, 2.75) is 13.0 Å². The number of anilines is 1. The van der Waals surface area contributed by atoms with E-state index in [4.69, 9.17) is 0 Å². The summed E-state index contributed by atoms with van der Waals surface area (Å²) in [7, 11) is 0. The van der Waals surface area contributed by atoms with Crippen molar-refractivity contribution in [2.24, 2.45) is 0 Å². The molecule has 0 radical (unpaired) electrons. The summed E-state index contributed by atoms with van der Waals surface area (Å²) in [6.45, 7) is 1.81. The van der Waals surface area contributed by atoms with Gasteiger partial charge < -0.3 is 5.32 Å². The molecule has 19 heavy (non-hydrogen) atoms. The Morgan fingerprint density at radius 3 is 2.21 bits per heavy atom. The molecule has 2 aromatic carbocycles. The van der Waals surface area contributed by atoms with E-state index in [1.54, 1.807) is 12.1 Å². The quantitative estimate of drug-likeness (QED) is 0.831. The molecule has 0 saturated heterocycles. The number of benzene rings is 2. The minimum Gasteiger partial charge on any atom is -0.375 e. The van der Waals surface area contributed by atoms with Crippen molar-refractivity contribution in [3.05, 3.63) is 63.9 Å². The Bertz CT molecular complexity index is 561. The molecule has 1 N–H and O–H groups in total. The van der Waals surface area contributed by atoms with E-state index in [1.807, 2.05) is 6.92 Å². The number of halogens is 4. The summed E-state index contributed by atoms with van der Waals surface area (Å²) in [4.78, 5) is 0. The van der Waals surface area contributed by atoms with Gasteiger partial charge >= 0.3 is 0 Å². The molecule has 2 rings (SSSR count). The Morgan fingerprint density at radius 2 is 1.63 bits per heavy atom. The van der Waals surface area contributed by atoms with Gasteiger partial charge in [-0.15, -0.1) is 0 Å². The smallest absolute Gasteiger partial charge is 0.150 e. The molecule has 100 valence electrons. The van der Waals surface area contributed by atoms with Gasteiger partial charge in [0.05, 0.1) is 5.69 Å². The van der Waals surface area contributed by atoms with Crippen LogP contribution in [0.15, 0.2) is 40.9 Å².